The van der Waals surface area contributed by atoms with Crippen molar-refractivity contribution in [3.63, 3.8) is 0 Å². The smallest absolute Gasteiger partial charge is 0.147 e. The van der Waals surface area contributed by atoms with Crippen LogP contribution < -0.4 is 5.32 Å². The van der Waals surface area contributed by atoms with Crippen LogP contribution in [0.1, 0.15) is 18.4 Å². The zero-order chi connectivity index (χ0) is 11.8. The molecule has 2 nitrogen and oxygen atoms in total. The van der Waals surface area contributed by atoms with Gasteiger partial charge in [-0.1, -0.05) is 29.3 Å². The zero-order valence-electron chi connectivity index (χ0n) is 9.42. The van der Waals surface area contributed by atoms with Crippen molar-refractivity contribution in [2.75, 3.05) is 13.1 Å². The van der Waals surface area contributed by atoms with Gasteiger partial charge in [-0.15, -0.1) is 0 Å². The molecule has 0 amide bonds. The van der Waals surface area contributed by atoms with Gasteiger partial charge < -0.3 is 5.32 Å². The molecule has 1 aromatic rings. The first-order valence-electron chi connectivity index (χ1n) is 5.98. The van der Waals surface area contributed by atoms with Crippen LogP contribution in [-0.2, 0) is 0 Å². The van der Waals surface area contributed by atoms with Gasteiger partial charge in [0.2, 0.25) is 0 Å². The lowest BCUT2D eigenvalue weighted by atomic mass is 9.84. The third-order valence-electron chi connectivity index (χ3n) is 3.79. The molecule has 2 atom stereocenters. The number of hydrogen-bond acceptors (Lipinski definition) is 2. The van der Waals surface area contributed by atoms with Gasteiger partial charge in [0.05, 0.1) is 5.02 Å². The fourth-order valence-electron chi connectivity index (χ4n) is 2.90. The van der Waals surface area contributed by atoms with Crippen molar-refractivity contribution in [1.29, 1.82) is 0 Å². The number of allylic oxidation sites excluding steroid dienone is 1. The standard InChI is InChI=1S/C13H14Cl2N2/c14-12-5-9(6-17-13(12)15)10-2-1-8-3-4-16-7-11(8)10/h2,5-6,8,11,16H,1,3-4,7H2/t8-,11+/m0/s1. The number of pyridine rings is 1. The number of hydrogen-bond donors (Lipinski definition) is 1. The average molecular weight is 269 g/mol. The number of rotatable bonds is 1. The summed E-state index contributed by atoms with van der Waals surface area (Å²) >= 11 is 11.9. The van der Waals surface area contributed by atoms with E-state index in [-0.39, 0.29) is 0 Å². The number of halogens is 2. The van der Waals surface area contributed by atoms with Crippen molar-refractivity contribution in [3.05, 3.63) is 34.1 Å². The van der Waals surface area contributed by atoms with Crippen LogP contribution in [0.5, 0.6) is 0 Å². The summed E-state index contributed by atoms with van der Waals surface area (Å²) in [4.78, 5) is 4.13. The van der Waals surface area contributed by atoms with Gasteiger partial charge in [0.15, 0.2) is 0 Å². The fourth-order valence-corrected chi connectivity index (χ4v) is 3.17. The number of piperidine rings is 1. The van der Waals surface area contributed by atoms with E-state index in [0.717, 1.165) is 24.6 Å². The molecule has 1 aliphatic heterocycles. The summed E-state index contributed by atoms with van der Waals surface area (Å²) < 4.78 is 0. The van der Waals surface area contributed by atoms with Gasteiger partial charge in [-0.05, 0) is 48.4 Å². The van der Waals surface area contributed by atoms with E-state index in [4.69, 9.17) is 23.2 Å². The van der Waals surface area contributed by atoms with E-state index in [0.29, 0.717) is 16.1 Å². The van der Waals surface area contributed by atoms with Crippen LogP contribution in [0.3, 0.4) is 0 Å². The van der Waals surface area contributed by atoms with E-state index in [9.17, 15) is 0 Å². The molecule has 1 aliphatic carbocycles. The average Bonchev–Trinajstić information content (AvgIpc) is 2.76. The molecule has 2 heterocycles. The summed E-state index contributed by atoms with van der Waals surface area (Å²) in [6.45, 7) is 2.21. The van der Waals surface area contributed by atoms with Crippen LogP contribution in [0.4, 0.5) is 0 Å². The fraction of sp³-hybridized carbons (Fsp3) is 0.462. The van der Waals surface area contributed by atoms with Crippen LogP contribution >= 0.6 is 23.2 Å². The van der Waals surface area contributed by atoms with Crippen molar-refractivity contribution in [3.8, 4) is 0 Å². The molecule has 2 aliphatic rings. The number of fused-ring (bicyclic) bond motifs is 1. The summed E-state index contributed by atoms with van der Waals surface area (Å²) in [6, 6.07) is 1.93. The highest BCUT2D eigenvalue weighted by Crippen LogP contribution is 2.41. The second-order valence-electron chi connectivity index (χ2n) is 4.75. The minimum absolute atomic E-state index is 0.382. The Morgan fingerprint density at radius 2 is 2.24 bits per heavy atom. The Hall–Kier alpha value is -0.570. The van der Waals surface area contributed by atoms with Crippen molar-refractivity contribution in [1.82, 2.24) is 10.3 Å². The third kappa shape index (κ3) is 2.10. The maximum Gasteiger partial charge on any atom is 0.147 e. The SMILES string of the molecule is Clc1cc(C2=CC[C@H]3CCNC[C@@H]23)cnc1Cl. The third-order valence-corrected chi connectivity index (χ3v) is 4.48. The number of nitrogens with zero attached hydrogens (tertiary/aromatic N) is 1. The van der Waals surface area contributed by atoms with E-state index in [1.54, 1.807) is 0 Å². The van der Waals surface area contributed by atoms with Crippen LogP contribution in [0.2, 0.25) is 10.2 Å². The van der Waals surface area contributed by atoms with Crippen LogP contribution in [0.15, 0.2) is 18.3 Å². The molecule has 1 N–H and O–H groups in total. The summed E-state index contributed by atoms with van der Waals surface area (Å²) in [5.74, 6) is 1.41. The molecule has 3 rings (SSSR count). The quantitative estimate of drug-likeness (QED) is 0.790. The number of nitrogens with one attached hydrogen (secondary N) is 1. The summed E-state index contributed by atoms with van der Waals surface area (Å²) in [5, 5.41) is 4.38. The Morgan fingerprint density at radius 3 is 3.06 bits per heavy atom. The molecule has 0 unspecified atom stereocenters. The second-order valence-corrected chi connectivity index (χ2v) is 5.52. The predicted molar refractivity (Wildman–Crippen MR) is 71.3 cm³/mol. The molecule has 17 heavy (non-hydrogen) atoms. The van der Waals surface area contributed by atoms with E-state index in [2.05, 4.69) is 16.4 Å². The Balaban J connectivity index is 1.91. The first kappa shape index (κ1) is 11.5. The van der Waals surface area contributed by atoms with Crippen molar-refractivity contribution in [2.24, 2.45) is 11.8 Å². The summed E-state index contributed by atoms with van der Waals surface area (Å²) in [7, 11) is 0. The highest BCUT2D eigenvalue weighted by atomic mass is 35.5. The lowest BCUT2D eigenvalue weighted by molar-refractivity contribution is 0.328. The highest BCUT2D eigenvalue weighted by Gasteiger charge is 2.32. The summed E-state index contributed by atoms with van der Waals surface area (Å²) in [5.41, 5.74) is 2.50. The van der Waals surface area contributed by atoms with Gasteiger partial charge in [-0.3, -0.25) is 0 Å². The lowest BCUT2D eigenvalue weighted by Gasteiger charge is -2.28. The molecule has 0 spiro atoms. The molecule has 0 saturated carbocycles. The molecule has 4 heteroatoms. The minimum atomic E-state index is 0.382. The molecule has 90 valence electrons. The Labute approximate surface area is 111 Å². The van der Waals surface area contributed by atoms with Gasteiger partial charge in [-0.2, -0.15) is 0 Å². The normalized spacial score (nSPS) is 27.8. The summed E-state index contributed by atoms with van der Waals surface area (Å²) in [6.07, 6.45) is 6.61. The largest absolute Gasteiger partial charge is 0.316 e. The van der Waals surface area contributed by atoms with E-state index >= 15 is 0 Å². The van der Waals surface area contributed by atoms with Crippen LogP contribution in [0, 0.1) is 11.8 Å². The van der Waals surface area contributed by atoms with Gasteiger partial charge >= 0.3 is 0 Å². The van der Waals surface area contributed by atoms with E-state index < -0.39 is 0 Å². The van der Waals surface area contributed by atoms with Gasteiger partial charge in [0.1, 0.15) is 5.15 Å². The second kappa shape index (κ2) is 4.60. The van der Waals surface area contributed by atoms with E-state index in [1.807, 2.05) is 12.3 Å². The first-order valence-corrected chi connectivity index (χ1v) is 6.73. The molecular weight excluding hydrogens is 255 g/mol. The molecule has 1 fully saturated rings. The molecule has 0 bridgehead atoms. The maximum atomic E-state index is 6.03. The van der Waals surface area contributed by atoms with Crippen LogP contribution in [-0.4, -0.2) is 18.1 Å². The van der Waals surface area contributed by atoms with Crippen molar-refractivity contribution in [2.45, 2.75) is 12.8 Å². The predicted octanol–water partition coefficient (Wildman–Crippen LogP) is 3.40. The Bertz CT molecular complexity index is 470. The topological polar surface area (TPSA) is 24.9 Å². The monoisotopic (exact) mass is 268 g/mol. The molecular formula is C13H14Cl2N2. The Morgan fingerprint density at radius 1 is 1.35 bits per heavy atom. The van der Waals surface area contributed by atoms with Gasteiger partial charge in [-0.25, -0.2) is 4.98 Å². The zero-order valence-corrected chi connectivity index (χ0v) is 10.9. The lowest BCUT2D eigenvalue weighted by Crippen LogP contribution is -2.34. The van der Waals surface area contributed by atoms with Gasteiger partial charge in [0.25, 0.3) is 0 Å². The maximum absolute atomic E-state index is 6.03. The number of aromatic nitrogens is 1. The molecule has 1 aromatic heterocycles. The van der Waals surface area contributed by atoms with E-state index in [1.165, 1.54) is 18.4 Å². The van der Waals surface area contributed by atoms with Gasteiger partial charge in [0, 0.05) is 12.7 Å². The minimum Gasteiger partial charge on any atom is -0.316 e. The molecule has 1 saturated heterocycles. The van der Waals surface area contributed by atoms with Crippen LogP contribution in [0.25, 0.3) is 5.57 Å². The highest BCUT2D eigenvalue weighted by molar-refractivity contribution is 6.41. The van der Waals surface area contributed by atoms with Crippen molar-refractivity contribution >= 4 is 28.8 Å². The Kier molecular flexibility index (Phi) is 3.12. The molecule has 0 radical (unpaired) electrons. The van der Waals surface area contributed by atoms with Crippen molar-refractivity contribution < 1.29 is 0 Å². The first-order chi connectivity index (χ1) is 8.25. The molecule has 0 aromatic carbocycles.